The van der Waals surface area contributed by atoms with Crippen LogP contribution in [0, 0.1) is 5.92 Å². The fourth-order valence-electron chi connectivity index (χ4n) is 2.87. The molecular weight excluding hydrogens is 250 g/mol. The number of ether oxygens (including phenoxy) is 2. The van der Waals surface area contributed by atoms with Gasteiger partial charge in [-0.3, -0.25) is 0 Å². The summed E-state index contributed by atoms with van der Waals surface area (Å²) in [5, 5.41) is 3.68. The van der Waals surface area contributed by atoms with Crippen LogP contribution in [0.4, 0.5) is 0 Å². The maximum atomic E-state index is 5.87. The monoisotopic (exact) mass is 275 g/mol. The van der Waals surface area contributed by atoms with Crippen molar-refractivity contribution >= 4 is 0 Å². The summed E-state index contributed by atoms with van der Waals surface area (Å²) in [7, 11) is 0. The Bertz CT molecular complexity index is 443. The van der Waals surface area contributed by atoms with Gasteiger partial charge >= 0.3 is 0 Å². The molecule has 110 valence electrons. The van der Waals surface area contributed by atoms with E-state index in [1.807, 2.05) is 6.07 Å². The fraction of sp³-hybridized carbons (Fsp3) is 0.647. The lowest BCUT2D eigenvalue weighted by Crippen LogP contribution is -2.25. The summed E-state index contributed by atoms with van der Waals surface area (Å²) in [6.07, 6.45) is 6.53. The van der Waals surface area contributed by atoms with E-state index in [1.54, 1.807) is 0 Å². The normalized spacial score (nSPS) is 18.9. The maximum Gasteiger partial charge on any atom is 0.166 e. The van der Waals surface area contributed by atoms with E-state index in [9.17, 15) is 0 Å². The molecule has 1 aromatic rings. The van der Waals surface area contributed by atoms with Gasteiger partial charge in [0.2, 0.25) is 0 Å². The zero-order valence-corrected chi connectivity index (χ0v) is 12.4. The molecule has 0 radical (unpaired) electrons. The van der Waals surface area contributed by atoms with Gasteiger partial charge in [-0.15, -0.1) is 0 Å². The van der Waals surface area contributed by atoms with E-state index < -0.39 is 0 Å². The van der Waals surface area contributed by atoms with Gasteiger partial charge in [0.1, 0.15) is 13.2 Å². The molecule has 2 aliphatic rings. The molecule has 1 aliphatic heterocycles. The highest BCUT2D eigenvalue weighted by Crippen LogP contribution is 2.41. The fourth-order valence-corrected chi connectivity index (χ4v) is 2.87. The number of fused-ring (bicyclic) bond motifs is 1. The van der Waals surface area contributed by atoms with Gasteiger partial charge in [-0.05, 0) is 37.8 Å². The minimum absolute atomic E-state index is 0.396. The van der Waals surface area contributed by atoms with Crippen LogP contribution in [0.15, 0.2) is 18.2 Å². The van der Waals surface area contributed by atoms with Crippen molar-refractivity contribution < 1.29 is 9.47 Å². The van der Waals surface area contributed by atoms with Gasteiger partial charge in [0.15, 0.2) is 11.5 Å². The van der Waals surface area contributed by atoms with Crippen LogP contribution < -0.4 is 14.8 Å². The van der Waals surface area contributed by atoms with Gasteiger partial charge < -0.3 is 14.8 Å². The quantitative estimate of drug-likeness (QED) is 0.823. The molecule has 1 N–H and O–H groups in total. The van der Waals surface area contributed by atoms with Crippen LogP contribution in [-0.2, 0) is 0 Å². The first kappa shape index (κ1) is 13.7. The zero-order valence-electron chi connectivity index (χ0n) is 12.4. The molecule has 0 saturated heterocycles. The second kappa shape index (κ2) is 6.49. The first-order chi connectivity index (χ1) is 9.88. The van der Waals surface area contributed by atoms with Crippen molar-refractivity contribution in [3.8, 4) is 11.5 Å². The summed E-state index contributed by atoms with van der Waals surface area (Å²) in [5.74, 6) is 2.84. The molecule has 1 aromatic carbocycles. The predicted molar refractivity (Wildman–Crippen MR) is 80.4 cm³/mol. The van der Waals surface area contributed by atoms with E-state index in [2.05, 4.69) is 24.4 Å². The van der Waals surface area contributed by atoms with E-state index in [-0.39, 0.29) is 0 Å². The average Bonchev–Trinajstić information content (AvgIpc) is 3.31. The maximum absolute atomic E-state index is 5.87. The van der Waals surface area contributed by atoms with E-state index in [1.165, 1.54) is 31.2 Å². The lowest BCUT2D eigenvalue weighted by molar-refractivity contribution is 0.168. The van der Waals surface area contributed by atoms with Crippen LogP contribution in [-0.4, -0.2) is 19.8 Å². The van der Waals surface area contributed by atoms with Crippen LogP contribution in [0.2, 0.25) is 0 Å². The van der Waals surface area contributed by atoms with E-state index in [4.69, 9.17) is 9.47 Å². The molecule has 1 atom stereocenters. The Morgan fingerprint density at radius 2 is 2.10 bits per heavy atom. The number of hydrogen-bond acceptors (Lipinski definition) is 3. The highest BCUT2D eigenvalue weighted by Gasteiger charge is 2.26. The third-order valence-corrected chi connectivity index (χ3v) is 4.17. The third kappa shape index (κ3) is 3.26. The van der Waals surface area contributed by atoms with Gasteiger partial charge in [-0.1, -0.05) is 31.9 Å². The Labute approximate surface area is 121 Å². The number of benzene rings is 1. The van der Waals surface area contributed by atoms with Crippen molar-refractivity contribution in [3.05, 3.63) is 23.8 Å². The Morgan fingerprint density at radius 3 is 2.90 bits per heavy atom. The summed E-state index contributed by atoms with van der Waals surface area (Å²) < 4.78 is 11.6. The van der Waals surface area contributed by atoms with E-state index in [0.29, 0.717) is 19.3 Å². The van der Waals surface area contributed by atoms with Crippen molar-refractivity contribution in [1.29, 1.82) is 0 Å². The minimum Gasteiger partial charge on any atom is -0.486 e. The molecule has 0 aromatic heterocycles. The number of rotatable bonds is 7. The van der Waals surface area contributed by atoms with Gasteiger partial charge in [0.05, 0.1) is 0 Å². The lowest BCUT2D eigenvalue weighted by atomic mass is 9.98. The van der Waals surface area contributed by atoms with Crippen LogP contribution in [0.25, 0.3) is 0 Å². The zero-order chi connectivity index (χ0) is 13.8. The van der Waals surface area contributed by atoms with Gasteiger partial charge in [-0.25, -0.2) is 0 Å². The second-order valence-electron chi connectivity index (χ2n) is 5.90. The third-order valence-electron chi connectivity index (χ3n) is 4.17. The molecule has 1 aliphatic carbocycles. The summed E-state index contributed by atoms with van der Waals surface area (Å²) in [6, 6.07) is 6.68. The lowest BCUT2D eigenvalue weighted by Gasteiger charge is -2.26. The molecule has 1 unspecified atom stereocenters. The average molecular weight is 275 g/mol. The molecule has 1 heterocycles. The van der Waals surface area contributed by atoms with Crippen LogP contribution in [0.3, 0.4) is 0 Å². The molecular formula is C17H25NO2. The van der Waals surface area contributed by atoms with Gasteiger partial charge in [0.25, 0.3) is 0 Å². The first-order valence-electron chi connectivity index (χ1n) is 8.00. The van der Waals surface area contributed by atoms with Crippen molar-refractivity contribution in [1.82, 2.24) is 5.32 Å². The molecule has 3 heteroatoms. The summed E-state index contributed by atoms with van der Waals surface area (Å²) in [6.45, 7) is 4.59. The molecule has 3 rings (SSSR count). The molecule has 0 amide bonds. The van der Waals surface area contributed by atoms with Crippen molar-refractivity contribution in [2.45, 2.75) is 45.1 Å². The SMILES string of the molecule is CCCNC(CCC1CC1)c1cccc2c1OCCO2. The molecule has 0 spiro atoms. The van der Waals surface area contributed by atoms with Crippen molar-refractivity contribution in [2.24, 2.45) is 5.92 Å². The Balaban J connectivity index is 1.77. The molecule has 1 saturated carbocycles. The Kier molecular flexibility index (Phi) is 4.46. The molecule has 3 nitrogen and oxygen atoms in total. The number of hydrogen-bond donors (Lipinski definition) is 1. The summed E-state index contributed by atoms with van der Waals surface area (Å²) in [4.78, 5) is 0. The topological polar surface area (TPSA) is 30.5 Å². The minimum atomic E-state index is 0.396. The van der Waals surface area contributed by atoms with Crippen molar-refractivity contribution in [3.63, 3.8) is 0 Å². The summed E-state index contributed by atoms with van der Waals surface area (Å²) in [5.41, 5.74) is 1.27. The second-order valence-corrected chi connectivity index (χ2v) is 5.90. The van der Waals surface area contributed by atoms with Gasteiger partial charge in [-0.2, -0.15) is 0 Å². The highest BCUT2D eigenvalue weighted by molar-refractivity contribution is 5.48. The van der Waals surface area contributed by atoms with Crippen LogP contribution in [0.1, 0.15) is 50.6 Å². The summed E-state index contributed by atoms with van der Waals surface area (Å²) >= 11 is 0. The van der Waals surface area contributed by atoms with E-state index >= 15 is 0 Å². The molecule has 0 bridgehead atoms. The number of nitrogens with one attached hydrogen (secondary N) is 1. The van der Waals surface area contributed by atoms with Crippen LogP contribution in [0.5, 0.6) is 11.5 Å². The highest BCUT2D eigenvalue weighted by atomic mass is 16.6. The molecule has 1 fully saturated rings. The standard InChI is InChI=1S/C17H25NO2/c1-2-10-18-15(9-8-13-6-7-13)14-4-3-5-16-17(14)20-12-11-19-16/h3-5,13,15,18H,2,6-12H2,1H3. The van der Waals surface area contributed by atoms with E-state index in [0.717, 1.165) is 30.4 Å². The van der Waals surface area contributed by atoms with Crippen LogP contribution >= 0.6 is 0 Å². The Hall–Kier alpha value is -1.22. The first-order valence-corrected chi connectivity index (χ1v) is 8.00. The van der Waals surface area contributed by atoms with Crippen molar-refractivity contribution in [2.75, 3.05) is 19.8 Å². The predicted octanol–water partition coefficient (Wildman–Crippen LogP) is 3.69. The van der Waals surface area contributed by atoms with Gasteiger partial charge in [0, 0.05) is 11.6 Å². The molecule has 20 heavy (non-hydrogen) atoms. The number of para-hydroxylation sites is 1. The largest absolute Gasteiger partial charge is 0.486 e. The Morgan fingerprint density at radius 1 is 1.25 bits per heavy atom. The smallest absolute Gasteiger partial charge is 0.166 e.